The van der Waals surface area contributed by atoms with Crippen molar-refractivity contribution in [1.29, 1.82) is 0 Å². The van der Waals surface area contributed by atoms with Gasteiger partial charge in [-0.15, -0.1) is 0 Å². The molecule has 1 unspecified atom stereocenters. The Kier molecular flexibility index (Phi) is 3.75. The standard InChI is InChI=1S/C12H21N3O3/c1-12(2,3)18-11(16)15-6-7-17-9(8-15)10-13-4-5-14-10/h9H,4-8H2,1-3H3,(H,13,14). The minimum Gasteiger partial charge on any atom is -0.444 e. The second-order valence-electron chi connectivity index (χ2n) is 5.48. The molecule has 102 valence electrons. The van der Waals surface area contributed by atoms with Gasteiger partial charge >= 0.3 is 6.09 Å². The van der Waals surface area contributed by atoms with Gasteiger partial charge in [0.15, 0.2) is 0 Å². The molecule has 0 aliphatic carbocycles. The third kappa shape index (κ3) is 3.35. The smallest absolute Gasteiger partial charge is 0.410 e. The SMILES string of the molecule is CC(C)(C)OC(=O)N1CCOC(C2=NCCN2)C1. The molecule has 1 amide bonds. The summed E-state index contributed by atoms with van der Waals surface area (Å²) in [6.07, 6.45) is -0.428. The zero-order valence-electron chi connectivity index (χ0n) is 11.2. The highest BCUT2D eigenvalue weighted by atomic mass is 16.6. The van der Waals surface area contributed by atoms with Gasteiger partial charge in [0.05, 0.1) is 19.7 Å². The lowest BCUT2D eigenvalue weighted by atomic mass is 10.2. The Morgan fingerprint density at radius 3 is 2.94 bits per heavy atom. The van der Waals surface area contributed by atoms with Crippen LogP contribution in [0.15, 0.2) is 4.99 Å². The Morgan fingerprint density at radius 2 is 2.33 bits per heavy atom. The molecule has 2 aliphatic rings. The molecule has 0 aromatic heterocycles. The van der Waals surface area contributed by atoms with E-state index in [0.717, 1.165) is 18.9 Å². The number of morpholine rings is 1. The summed E-state index contributed by atoms with van der Waals surface area (Å²) in [5.74, 6) is 0.850. The van der Waals surface area contributed by atoms with Crippen LogP contribution in [-0.2, 0) is 9.47 Å². The molecule has 1 atom stereocenters. The molecule has 6 nitrogen and oxygen atoms in total. The van der Waals surface area contributed by atoms with Gasteiger partial charge in [-0.3, -0.25) is 4.99 Å². The molecule has 0 aromatic rings. The highest BCUT2D eigenvalue weighted by molar-refractivity contribution is 5.88. The number of rotatable bonds is 1. The summed E-state index contributed by atoms with van der Waals surface area (Å²) in [6.45, 7) is 8.82. The van der Waals surface area contributed by atoms with E-state index < -0.39 is 5.60 Å². The van der Waals surface area contributed by atoms with Crippen molar-refractivity contribution in [3.05, 3.63) is 0 Å². The number of nitrogens with zero attached hydrogens (tertiary/aromatic N) is 2. The molecule has 2 rings (SSSR count). The van der Waals surface area contributed by atoms with Gasteiger partial charge in [0.2, 0.25) is 0 Å². The van der Waals surface area contributed by atoms with E-state index in [4.69, 9.17) is 9.47 Å². The number of ether oxygens (including phenoxy) is 2. The fourth-order valence-electron chi connectivity index (χ4n) is 1.94. The maximum atomic E-state index is 12.0. The fraction of sp³-hybridized carbons (Fsp3) is 0.833. The van der Waals surface area contributed by atoms with Gasteiger partial charge in [-0.05, 0) is 20.8 Å². The monoisotopic (exact) mass is 255 g/mol. The highest BCUT2D eigenvalue weighted by Crippen LogP contribution is 2.14. The van der Waals surface area contributed by atoms with Gasteiger partial charge < -0.3 is 19.7 Å². The van der Waals surface area contributed by atoms with Gasteiger partial charge in [-0.25, -0.2) is 4.79 Å². The van der Waals surface area contributed by atoms with E-state index >= 15 is 0 Å². The Balaban J connectivity index is 1.92. The lowest BCUT2D eigenvalue weighted by Gasteiger charge is -2.34. The molecule has 0 aromatic carbocycles. The van der Waals surface area contributed by atoms with Crippen LogP contribution in [-0.4, -0.2) is 61.3 Å². The van der Waals surface area contributed by atoms with Gasteiger partial charge in [-0.1, -0.05) is 0 Å². The average Bonchev–Trinajstić information content (AvgIpc) is 2.80. The maximum absolute atomic E-state index is 12.0. The predicted octanol–water partition coefficient (Wildman–Crippen LogP) is 0.624. The van der Waals surface area contributed by atoms with Crippen LogP contribution in [0.3, 0.4) is 0 Å². The summed E-state index contributed by atoms with van der Waals surface area (Å²) in [5.41, 5.74) is -0.464. The van der Waals surface area contributed by atoms with Crippen LogP contribution in [0.25, 0.3) is 0 Å². The van der Waals surface area contributed by atoms with E-state index in [1.165, 1.54) is 0 Å². The third-order valence-electron chi connectivity index (χ3n) is 2.72. The number of hydrogen-bond acceptors (Lipinski definition) is 5. The maximum Gasteiger partial charge on any atom is 0.410 e. The second kappa shape index (κ2) is 5.14. The molecule has 18 heavy (non-hydrogen) atoms. The largest absolute Gasteiger partial charge is 0.444 e. The molecule has 1 N–H and O–H groups in total. The van der Waals surface area contributed by atoms with Gasteiger partial charge in [0.1, 0.15) is 17.5 Å². The van der Waals surface area contributed by atoms with Crippen molar-refractivity contribution < 1.29 is 14.3 Å². The molecule has 0 saturated carbocycles. The number of nitrogens with one attached hydrogen (secondary N) is 1. The summed E-state index contributed by atoms with van der Waals surface area (Å²) in [5, 5.41) is 3.18. The number of aliphatic imine (C=N–C) groups is 1. The highest BCUT2D eigenvalue weighted by Gasteiger charge is 2.31. The zero-order chi connectivity index (χ0) is 13.2. The summed E-state index contributed by atoms with van der Waals surface area (Å²) in [6, 6.07) is 0. The first kappa shape index (κ1) is 13.1. The normalized spacial score (nSPS) is 24.5. The molecule has 1 saturated heterocycles. The van der Waals surface area contributed by atoms with Crippen LogP contribution in [0.2, 0.25) is 0 Å². The molecular formula is C12H21N3O3. The van der Waals surface area contributed by atoms with Crippen LogP contribution >= 0.6 is 0 Å². The van der Waals surface area contributed by atoms with E-state index in [-0.39, 0.29) is 12.2 Å². The van der Waals surface area contributed by atoms with Gasteiger partial charge in [-0.2, -0.15) is 0 Å². The average molecular weight is 255 g/mol. The van der Waals surface area contributed by atoms with E-state index in [2.05, 4.69) is 10.3 Å². The number of carbonyl (C=O) groups excluding carboxylic acids is 1. The first-order valence-electron chi connectivity index (χ1n) is 6.33. The summed E-state index contributed by atoms with van der Waals surface area (Å²) in [4.78, 5) is 18.0. The van der Waals surface area contributed by atoms with Crippen LogP contribution in [0.4, 0.5) is 4.79 Å². The van der Waals surface area contributed by atoms with Crippen LogP contribution in [0.1, 0.15) is 20.8 Å². The Hall–Kier alpha value is -1.30. The molecule has 2 aliphatic heterocycles. The molecule has 0 bridgehead atoms. The van der Waals surface area contributed by atoms with E-state index in [1.54, 1.807) is 4.90 Å². The van der Waals surface area contributed by atoms with Crippen LogP contribution in [0.5, 0.6) is 0 Å². The third-order valence-corrected chi connectivity index (χ3v) is 2.72. The van der Waals surface area contributed by atoms with Crippen molar-refractivity contribution in [3.8, 4) is 0 Å². The molecule has 0 spiro atoms. The molecule has 0 radical (unpaired) electrons. The van der Waals surface area contributed by atoms with E-state index in [1.807, 2.05) is 20.8 Å². The lowest BCUT2D eigenvalue weighted by molar-refractivity contribution is -0.0215. The first-order chi connectivity index (χ1) is 8.46. The van der Waals surface area contributed by atoms with E-state index in [0.29, 0.717) is 19.7 Å². The number of amides is 1. The minimum atomic E-state index is -0.464. The van der Waals surface area contributed by atoms with Crippen molar-refractivity contribution in [2.75, 3.05) is 32.8 Å². The molecule has 1 fully saturated rings. The van der Waals surface area contributed by atoms with Crippen molar-refractivity contribution in [1.82, 2.24) is 10.2 Å². The first-order valence-corrected chi connectivity index (χ1v) is 6.33. The van der Waals surface area contributed by atoms with Crippen molar-refractivity contribution in [3.63, 3.8) is 0 Å². The Bertz CT molecular complexity index is 349. The van der Waals surface area contributed by atoms with Crippen molar-refractivity contribution in [2.45, 2.75) is 32.5 Å². The zero-order valence-corrected chi connectivity index (χ0v) is 11.2. The van der Waals surface area contributed by atoms with Gasteiger partial charge in [0, 0.05) is 13.1 Å². The van der Waals surface area contributed by atoms with E-state index in [9.17, 15) is 4.79 Å². The molecular weight excluding hydrogens is 234 g/mol. The Labute approximate surface area is 107 Å². The minimum absolute atomic E-state index is 0.145. The Morgan fingerprint density at radius 1 is 1.56 bits per heavy atom. The number of hydrogen-bond donors (Lipinski definition) is 1. The number of amidine groups is 1. The predicted molar refractivity (Wildman–Crippen MR) is 67.9 cm³/mol. The van der Waals surface area contributed by atoms with Crippen molar-refractivity contribution >= 4 is 11.9 Å². The van der Waals surface area contributed by atoms with Gasteiger partial charge in [0.25, 0.3) is 0 Å². The topological polar surface area (TPSA) is 63.2 Å². The van der Waals surface area contributed by atoms with Crippen LogP contribution in [0, 0.1) is 0 Å². The fourth-order valence-corrected chi connectivity index (χ4v) is 1.94. The van der Waals surface area contributed by atoms with Crippen molar-refractivity contribution in [2.24, 2.45) is 4.99 Å². The summed E-state index contributed by atoms with van der Waals surface area (Å²) >= 11 is 0. The van der Waals surface area contributed by atoms with Crippen LogP contribution < -0.4 is 5.32 Å². The number of carbonyl (C=O) groups is 1. The second-order valence-corrected chi connectivity index (χ2v) is 5.48. The molecule has 6 heteroatoms. The molecule has 2 heterocycles. The lowest BCUT2D eigenvalue weighted by Crippen LogP contribution is -2.51. The summed E-state index contributed by atoms with van der Waals surface area (Å²) < 4.78 is 11.0. The quantitative estimate of drug-likeness (QED) is 0.746. The summed E-state index contributed by atoms with van der Waals surface area (Å²) in [7, 11) is 0.